The van der Waals surface area contributed by atoms with Crippen LogP contribution in [0, 0.1) is 0 Å². The van der Waals surface area contributed by atoms with Crippen molar-refractivity contribution >= 4 is 32.6 Å². The van der Waals surface area contributed by atoms with E-state index in [1.807, 2.05) is 30.3 Å². The number of carbonyl (C=O) groups is 1. The third-order valence-corrected chi connectivity index (χ3v) is 5.22. The van der Waals surface area contributed by atoms with Gasteiger partial charge in [-0.1, -0.05) is 30.3 Å². The first-order valence-corrected chi connectivity index (χ1v) is 8.54. The molecule has 1 amide bonds. The number of hydrogen-bond donors (Lipinski definition) is 1. The molecule has 1 unspecified atom stereocenters. The maximum atomic E-state index is 11.9. The monoisotopic (exact) mass is 324 g/mol. The fourth-order valence-corrected chi connectivity index (χ4v) is 3.56. The average molecular weight is 324 g/mol. The highest BCUT2D eigenvalue weighted by molar-refractivity contribution is 7.89. The quantitative estimate of drug-likeness (QED) is 0.890. The molecule has 1 aromatic carbocycles. The molecule has 3 rings (SSSR count). The number of benzene rings is 1. The van der Waals surface area contributed by atoms with Crippen molar-refractivity contribution in [3.8, 4) is 11.4 Å². The van der Waals surface area contributed by atoms with Crippen LogP contribution < -0.4 is 10.0 Å². The molecule has 0 saturated carbocycles. The lowest BCUT2D eigenvalue weighted by Crippen LogP contribution is -2.32. The lowest BCUT2D eigenvalue weighted by atomic mass is 10.2. The second-order valence-corrected chi connectivity index (χ2v) is 7.26. The van der Waals surface area contributed by atoms with Crippen LogP contribution in [0.3, 0.4) is 0 Å². The smallest absolute Gasteiger partial charge is 0.230 e. The van der Waals surface area contributed by atoms with Crippen molar-refractivity contribution in [2.45, 2.75) is 11.7 Å². The van der Waals surface area contributed by atoms with Crippen LogP contribution in [-0.2, 0) is 14.8 Å². The number of sulfonamides is 1. The van der Waals surface area contributed by atoms with Crippen LogP contribution in [0.4, 0.5) is 5.13 Å². The number of hydrogen-bond acceptors (Lipinski definition) is 6. The normalized spacial score (nSPS) is 19.2. The molecule has 2 heterocycles. The third-order valence-electron chi connectivity index (χ3n) is 3.23. The van der Waals surface area contributed by atoms with E-state index in [4.69, 9.17) is 5.14 Å². The maximum Gasteiger partial charge on any atom is 0.230 e. The number of nitrogens with two attached hydrogens (primary N) is 1. The van der Waals surface area contributed by atoms with E-state index >= 15 is 0 Å². The van der Waals surface area contributed by atoms with Crippen LogP contribution in [0.5, 0.6) is 0 Å². The molecule has 7 nitrogen and oxygen atoms in total. The van der Waals surface area contributed by atoms with Gasteiger partial charge in [0.15, 0.2) is 5.82 Å². The van der Waals surface area contributed by atoms with E-state index in [1.165, 1.54) is 4.90 Å². The molecule has 1 fully saturated rings. The van der Waals surface area contributed by atoms with Crippen LogP contribution in [0.1, 0.15) is 6.42 Å². The fourth-order valence-electron chi connectivity index (χ4n) is 2.11. The van der Waals surface area contributed by atoms with Gasteiger partial charge in [0.25, 0.3) is 0 Å². The second-order valence-electron chi connectivity index (χ2n) is 4.69. The fraction of sp³-hybridized carbons (Fsp3) is 0.250. The number of anilines is 1. The van der Waals surface area contributed by atoms with E-state index in [-0.39, 0.29) is 18.9 Å². The Kier molecular flexibility index (Phi) is 3.47. The number of amides is 1. The molecular weight excluding hydrogens is 312 g/mol. The first-order valence-electron chi connectivity index (χ1n) is 6.16. The zero-order valence-corrected chi connectivity index (χ0v) is 12.5. The molecule has 110 valence electrons. The van der Waals surface area contributed by atoms with Crippen molar-refractivity contribution in [2.75, 3.05) is 11.4 Å². The lowest BCUT2D eigenvalue weighted by Gasteiger charge is -2.11. The molecule has 1 aliphatic heterocycles. The molecule has 9 heteroatoms. The number of nitrogens with zero attached hydrogens (tertiary/aromatic N) is 3. The first kappa shape index (κ1) is 14.1. The third kappa shape index (κ3) is 2.80. The second kappa shape index (κ2) is 5.17. The van der Waals surface area contributed by atoms with Crippen LogP contribution in [0.2, 0.25) is 0 Å². The van der Waals surface area contributed by atoms with Crippen molar-refractivity contribution < 1.29 is 13.2 Å². The van der Waals surface area contributed by atoms with E-state index in [0.29, 0.717) is 11.0 Å². The molecule has 1 aliphatic rings. The summed E-state index contributed by atoms with van der Waals surface area (Å²) >= 11 is 1.07. The zero-order valence-electron chi connectivity index (χ0n) is 10.8. The molecule has 2 N–H and O–H groups in total. The van der Waals surface area contributed by atoms with Gasteiger partial charge in [-0.25, -0.2) is 13.6 Å². The maximum absolute atomic E-state index is 11.9. The summed E-state index contributed by atoms with van der Waals surface area (Å²) in [6.07, 6.45) is -0.112. The van der Waals surface area contributed by atoms with E-state index in [9.17, 15) is 13.2 Å². The van der Waals surface area contributed by atoms with Gasteiger partial charge in [0.2, 0.25) is 21.1 Å². The molecule has 1 saturated heterocycles. The van der Waals surface area contributed by atoms with Gasteiger partial charge in [-0.3, -0.25) is 9.69 Å². The molecule has 1 aromatic heterocycles. The van der Waals surface area contributed by atoms with Gasteiger partial charge in [-0.15, -0.1) is 0 Å². The Morgan fingerprint density at radius 2 is 2.00 bits per heavy atom. The number of rotatable bonds is 3. The molecule has 1 atom stereocenters. The van der Waals surface area contributed by atoms with Gasteiger partial charge in [0.05, 0.1) is 0 Å². The number of aromatic nitrogens is 2. The summed E-state index contributed by atoms with van der Waals surface area (Å²) in [7, 11) is -3.73. The lowest BCUT2D eigenvalue weighted by molar-refractivity contribution is -0.117. The van der Waals surface area contributed by atoms with Crippen molar-refractivity contribution in [2.24, 2.45) is 5.14 Å². The Morgan fingerprint density at radius 3 is 2.62 bits per heavy atom. The van der Waals surface area contributed by atoms with Crippen LogP contribution >= 0.6 is 11.5 Å². The summed E-state index contributed by atoms with van der Waals surface area (Å²) < 4.78 is 26.9. The topological polar surface area (TPSA) is 106 Å². The van der Waals surface area contributed by atoms with Crippen LogP contribution in [0.25, 0.3) is 11.4 Å². The summed E-state index contributed by atoms with van der Waals surface area (Å²) in [6, 6.07) is 9.36. The molecule has 0 aliphatic carbocycles. The summed E-state index contributed by atoms with van der Waals surface area (Å²) in [5.41, 5.74) is 0.842. The summed E-state index contributed by atoms with van der Waals surface area (Å²) in [4.78, 5) is 17.6. The molecule has 21 heavy (non-hydrogen) atoms. The van der Waals surface area contributed by atoms with E-state index in [1.54, 1.807) is 0 Å². The zero-order chi connectivity index (χ0) is 15.0. The molecule has 0 spiro atoms. The summed E-state index contributed by atoms with van der Waals surface area (Å²) in [5, 5.41) is 4.61. The van der Waals surface area contributed by atoms with E-state index in [2.05, 4.69) is 9.36 Å². The Morgan fingerprint density at radius 1 is 1.29 bits per heavy atom. The van der Waals surface area contributed by atoms with Crippen molar-refractivity contribution in [3.63, 3.8) is 0 Å². The highest BCUT2D eigenvalue weighted by Gasteiger charge is 2.38. The molecule has 0 bridgehead atoms. The highest BCUT2D eigenvalue weighted by atomic mass is 32.2. The van der Waals surface area contributed by atoms with E-state index in [0.717, 1.165) is 17.1 Å². The Balaban J connectivity index is 1.86. The molecular formula is C12H12N4O3S2. The standard InChI is InChI=1S/C12H12N4O3S2/c13-21(18,19)9-6-10(17)16(7-9)12-14-11(15-20-12)8-4-2-1-3-5-8/h1-5,9H,6-7H2,(H2,13,18,19). The molecule has 2 aromatic rings. The minimum atomic E-state index is -3.73. The predicted octanol–water partition coefficient (Wildman–Crippen LogP) is 0.599. The van der Waals surface area contributed by atoms with Gasteiger partial charge in [0, 0.05) is 30.1 Å². The summed E-state index contributed by atoms with van der Waals surface area (Å²) in [6.45, 7) is 0.0289. The predicted molar refractivity (Wildman–Crippen MR) is 79.2 cm³/mol. The highest BCUT2D eigenvalue weighted by Crippen LogP contribution is 2.28. The minimum Gasteiger partial charge on any atom is -0.285 e. The van der Waals surface area contributed by atoms with Crippen LogP contribution in [0.15, 0.2) is 30.3 Å². The van der Waals surface area contributed by atoms with Gasteiger partial charge in [-0.05, 0) is 0 Å². The van der Waals surface area contributed by atoms with Gasteiger partial charge in [-0.2, -0.15) is 9.36 Å². The number of carbonyl (C=O) groups excluding carboxylic acids is 1. The SMILES string of the molecule is NS(=O)(=O)C1CC(=O)N(c2nc(-c3ccccc3)ns2)C1. The summed E-state index contributed by atoms with van der Waals surface area (Å²) in [5.74, 6) is 0.215. The van der Waals surface area contributed by atoms with Gasteiger partial charge >= 0.3 is 0 Å². The Bertz CT molecular complexity index is 773. The largest absolute Gasteiger partial charge is 0.285 e. The van der Waals surface area contributed by atoms with Crippen LogP contribution in [-0.4, -0.2) is 35.5 Å². The van der Waals surface area contributed by atoms with Gasteiger partial charge in [0.1, 0.15) is 5.25 Å². The Hall–Kier alpha value is -1.84. The number of primary sulfonamides is 1. The molecule has 0 radical (unpaired) electrons. The van der Waals surface area contributed by atoms with Crippen molar-refractivity contribution in [1.82, 2.24) is 9.36 Å². The van der Waals surface area contributed by atoms with Gasteiger partial charge < -0.3 is 0 Å². The van der Waals surface area contributed by atoms with E-state index < -0.39 is 15.3 Å². The average Bonchev–Trinajstić information content (AvgIpc) is 3.05. The van der Waals surface area contributed by atoms with Crippen molar-refractivity contribution in [1.29, 1.82) is 0 Å². The first-order chi connectivity index (χ1) is 9.95. The van der Waals surface area contributed by atoms with Crippen molar-refractivity contribution in [3.05, 3.63) is 30.3 Å². The Labute approximate surface area is 125 Å². The minimum absolute atomic E-state index is 0.0289.